The zero-order valence-corrected chi connectivity index (χ0v) is 13.2. The first-order valence-corrected chi connectivity index (χ1v) is 7.03. The van der Waals surface area contributed by atoms with E-state index >= 15 is 0 Å². The average Bonchev–Trinajstić information content (AvgIpc) is 2.87. The van der Waals surface area contributed by atoms with Crippen molar-refractivity contribution in [1.29, 1.82) is 0 Å². The van der Waals surface area contributed by atoms with Crippen molar-refractivity contribution in [3.05, 3.63) is 41.7 Å². The third-order valence-electron chi connectivity index (χ3n) is 3.96. The van der Waals surface area contributed by atoms with E-state index in [4.69, 9.17) is 20.2 Å². The minimum Gasteiger partial charge on any atom is -0.493 e. The van der Waals surface area contributed by atoms with Crippen LogP contribution in [0.1, 0.15) is 11.4 Å². The minimum atomic E-state index is 0.688. The van der Waals surface area contributed by atoms with Gasteiger partial charge in [0.15, 0.2) is 11.5 Å². The van der Waals surface area contributed by atoms with Crippen LogP contribution in [-0.2, 0) is 0 Å². The number of aryl methyl sites for hydroxylation is 2. The maximum atomic E-state index is 6.00. The number of nitrogen functional groups attached to an aromatic ring is 1. The Morgan fingerprint density at radius 2 is 1.68 bits per heavy atom. The Morgan fingerprint density at radius 3 is 2.36 bits per heavy atom. The van der Waals surface area contributed by atoms with Crippen molar-refractivity contribution in [3.63, 3.8) is 0 Å². The lowest BCUT2D eigenvalue weighted by molar-refractivity contribution is 0.355. The highest BCUT2D eigenvalue weighted by Crippen LogP contribution is 2.34. The van der Waals surface area contributed by atoms with Gasteiger partial charge in [0, 0.05) is 17.0 Å². The monoisotopic (exact) mass is 297 g/mol. The molecule has 0 saturated carbocycles. The smallest absolute Gasteiger partial charge is 0.161 e. The zero-order valence-electron chi connectivity index (χ0n) is 13.2. The van der Waals surface area contributed by atoms with E-state index in [2.05, 4.69) is 4.40 Å². The van der Waals surface area contributed by atoms with Gasteiger partial charge in [0.05, 0.1) is 25.6 Å². The summed E-state index contributed by atoms with van der Waals surface area (Å²) in [6, 6.07) is 9.62. The number of nitrogens with two attached hydrogens (primary N) is 1. The number of fused-ring (bicyclic) bond motifs is 1. The normalized spacial score (nSPS) is 10.9. The van der Waals surface area contributed by atoms with Crippen molar-refractivity contribution in [2.75, 3.05) is 20.0 Å². The van der Waals surface area contributed by atoms with E-state index in [9.17, 15) is 0 Å². The first kappa shape index (κ1) is 14.3. The van der Waals surface area contributed by atoms with E-state index in [0.717, 1.165) is 34.0 Å². The number of rotatable bonds is 3. The summed E-state index contributed by atoms with van der Waals surface area (Å²) >= 11 is 0. The van der Waals surface area contributed by atoms with Crippen LogP contribution in [0, 0.1) is 13.8 Å². The van der Waals surface area contributed by atoms with Crippen molar-refractivity contribution in [1.82, 2.24) is 9.38 Å². The molecule has 0 amide bonds. The first-order valence-electron chi connectivity index (χ1n) is 7.03. The molecule has 0 atom stereocenters. The van der Waals surface area contributed by atoms with Gasteiger partial charge < -0.3 is 15.2 Å². The number of methoxy groups -OCH3 is 2. The van der Waals surface area contributed by atoms with Gasteiger partial charge in [-0.05, 0) is 44.2 Å². The second-order valence-corrected chi connectivity index (χ2v) is 5.18. The molecule has 0 aliphatic carbocycles. The molecule has 0 radical (unpaired) electrons. The van der Waals surface area contributed by atoms with Gasteiger partial charge in [0.2, 0.25) is 0 Å². The largest absolute Gasteiger partial charge is 0.493 e. The van der Waals surface area contributed by atoms with Gasteiger partial charge in [-0.2, -0.15) is 0 Å². The van der Waals surface area contributed by atoms with E-state index in [0.29, 0.717) is 11.5 Å². The summed E-state index contributed by atoms with van der Waals surface area (Å²) in [6.07, 6.45) is 0. The van der Waals surface area contributed by atoms with Crippen molar-refractivity contribution in [2.24, 2.45) is 0 Å². The molecule has 0 unspecified atom stereocenters. The van der Waals surface area contributed by atoms with E-state index in [1.807, 2.05) is 44.2 Å². The number of nitrogens with zero attached hydrogens (tertiary/aromatic N) is 2. The SMILES string of the molecule is COc1ccc(-c2nc3ccc(N)c(C)n3c2C)cc1OC. The van der Waals surface area contributed by atoms with Crippen molar-refractivity contribution in [2.45, 2.75) is 13.8 Å². The third-order valence-corrected chi connectivity index (χ3v) is 3.96. The molecule has 1 aromatic carbocycles. The summed E-state index contributed by atoms with van der Waals surface area (Å²) in [6.45, 7) is 4.04. The Bertz CT molecular complexity index is 853. The summed E-state index contributed by atoms with van der Waals surface area (Å²) < 4.78 is 12.7. The fourth-order valence-electron chi connectivity index (χ4n) is 2.73. The standard InChI is InChI=1S/C17H19N3O2/c1-10-13(18)6-8-16-19-17(11(2)20(10)16)12-5-7-14(21-3)15(9-12)22-4/h5-9H,18H2,1-4H3. The molecule has 3 aromatic rings. The number of hydrogen-bond donors (Lipinski definition) is 1. The molecule has 5 nitrogen and oxygen atoms in total. The number of aromatic nitrogens is 2. The van der Waals surface area contributed by atoms with Crippen LogP contribution in [0.25, 0.3) is 16.9 Å². The van der Waals surface area contributed by atoms with Crippen LogP contribution in [0.5, 0.6) is 11.5 Å². The summed E-state index contributed by atoms with van der Waals surface area (Å²) in [4.78, 5) is 4.73. The van der Waals surface area contributed by atoms with Gasteiger partial charge in [0.1, 0.15) is 5.65 Å². The topological polar surface area (TPSA) is 61.8 Å². The Morgan fingerprint density at radius 1 is 0.955 bits per heavy atom. The van der Waals surface area contributed by atoms with E-state index in [1.165, 1.54) is 0 Å². The Hall–Kier alpha value is -2.69. The van der Waals surface area contributed by atoms with Gasteiger partial charge in [-0.25, -0.2) is 4.98 Å². The number of imidazole rings is 1. The van der Waals surface area contributed by atoms with Crippen molar-refractivity contribution in [3.8, 4) is 22.8 Å². The fraction of sp³-hybridized carbons (Fsp3) is 0.235. The Labute approximate surface area is 129 Å². The molecule has 0 aliphatic heterocycles. The molecule has 2 N–H and O–H groups in total. The van der Waals surface area contributed by atoms with E-state index in [-0.39, 0.29) is 0 Å². The number of hydrogen-bond acceptors (Lipinski definition) is 4. The molecule has 0 saturated heterocycles. The van der Waals surface area contributed by atoms with Crippen molar-refractivity contribution >= 4 is 11.3 Å². The van der Waals surface area contributed by atoms with Crippen LogP contribution in [0.15, 0.2) is 30.3 Å². The number of ether oxygens (including phenoxy) is 2. The average molecular weight is 297 g/mol. The predicted octanol–water partition coefficient (Wildman–Crippen LogP) is 3.22. The summed E-state index contributed by atoms with van der Waals surface area (Å²) in [5.41, 5.74) is 11.6. The molecule has 2 aromatic heterocycles. The number of anilines is 1. The van der Waals surface area contributed by atoms with E-state index in [1.54, 1.807) is 14.2 Å². The summed E-state index contributed by atoms with van der Waals surface area (Å²) in [5.74, 6) is 1.39. The lowest BCUT2D eigenvalue weighted by Gasteiger charge is -2.09. The van der Waals surface area contributed by atoms with E-state index < -0.39 is 0 Å². The van der Waals surface area contributed by atoms with Crippen LogP contribution >= 0.6 is 0 Å². The Kier molecular flexibility index (Phi) is 3.41. The lowest BCUT2D eigenvalue weighted by Crippen LogP contribution is -1.99. The maximum absolute atomic E-state index is 6.00. The molecular formula is C17H19N3O2. The zero-order chi connectivity index (χ0) is 15.9. The molecule has 0 fully saturated rings. The van der Waals surface area contributed by atoms with Gasteiger partial charge in [-0.1, -0.05) is 0 Å². The number of pyridine rings is 1. The second-order valence-electron chi connectivity index (χ2n) is 5.18. The fourth-order valence-corrected chi connectivity index (χ4v) is 2.73. The van der Waals surface area contributed by atoms with Gasteiger partial charge in [-0.15, -0.1) is 0 Å². The minimum absolute atomic E-state index is 0.688. The molecule has 5 heteroatoms. The molecule has 0 bridgehead atoms. The number of benzene rings is 1. The predicted molar refractivity (Wildman–Crippen MR) is 87.6 cm³/mol. The van der Waals surface area contributed by atoms with Gasteiger partial charge >= 0.3 is 0 Å². The molecule has 0 spiro atoms. The van der Waals surface area contributed by atoms with Crippen molar-refractivity contribution < 1.29 is 9.47 Å². The summed E-state index contributed by atoms with van der Waals surface area (Å²) in [5, 5.41) is 0. The molecule has 22 heavy (non-hydrogen) atoms. The van der Waals surface area contributed by atoms with Crippen LogP contribution in [-0.4, -0.2) is 23.6 Å². The van der Waals surface area contributed by atoms with Crippen LogP contribution < -0.4 is 15.2 Å². The van der Waals surface area contributed by atoms with Gasteiger partial charge in [-0.3, -0.25) is 4.40 Å². The van der Waals surface area contributed by atoms with Crippen LogP contribution in [0.4, 0.5) is 5.69 Å². The highest BCUT2D eigenvalue weighted by Gasteiger charge is 2.15. The second kappa shape index (κ2) is 5.26. The molecule has 3 rings (SSSR count). The van der Waals surface area contributed by atoms with Crippen LogP contribution in [0.3, 0.4) is 0 Å². The molecule has 114 valence electrons. The molecule has 2 heterocycles. The highest BCUT2D eigenvalue weighted by molar-refractivity contribution is 5.70. The third kappa shape index (κ3) is 2.06. The maximum Gasteiger partial charge on any atom is 0.161 e. The quantitative estimate of drug-likeness (QED) is 0.806. The Balaban J connectivity index is 2.23. The first-order chi connectivity index (χ1) is 10.6. The van der Waals surface area contributed by atoms with Crippen LogP contribution in [0.2, 0.25) is 0 Å². The summed E-state index contributed by atoms with van der Waals surface area (Å²) in [7, 11) is 3.25. The molecular weight excluding hydrogens is 278 g/mol. The lowest BCUT2D eigenvalue weighted by atomic mass is 10.1. The highest BCUT2D eigenvalue weighted by atomic mass is 16.5. The molecule has 0 aliphatic rings. The van der Waals surface area contributed by atoms with Gasteiger partial charge in [0.25, 0.3) is 0 Å².